The van der Waals surface area contributed by atoms with E-state index in [0.29, 0.717) is 5.56 Å². The highest BCUT2D eigenvalue weighted by Gasteiger charge is 2.21. The number of benzene rings is 1. The lowest BCUT2D eigenvalue weighted by Crippen LogP contribution is -2.29. The van der Waals surface area contributed by atoms with Gasteiger partial charge in [0.05, 0.1) is 23.0 Å². The molecule has 2 aromatic heterocycles. The average molecular weight is 451 g/mol. The molecule has 1 aliphatic heterocycles. The van der Waals surface area contributed by atoms with Gasteiger partial charge in [-0.05, 0) is 56.0 Å². The SMILES string of the molecule is CC.CC.Cc1ccccc1C.O=C(NC1CCCNc2cccnc21)c1ccc(=O)[nH]c1. The standard InChI is InChI=1S/C15H16N4O2.C8H10.2C2H6/c20-13-6-5-10(9-18-13)15(21)19-12-4-2-7-16-11-3-1-8-17-14(11)12;1-7-5-3-4-6-8(7)2;2*1-2/h1,3,5-6,8-9,12,16H,2,4,7H2,(H,18,20)(H,19,21);3-6H,1-2H3;2*1-2H3. The fraction of sp³-hybridized carbons (Fsp3) is 0.370. The minimum Gasteiger partial charge on any atom is -0.384 e. The maximum absolute atomic E-state index is 12.3. The van der Waals surface area contributed by atoms with Crippen molar-refractivity contribution in [2.45, 2.75) is 60.4 Å². The molecule has 1 atom stereocenters. The maximum Gasteiger partial charge on any atom is 0.253 e. The van der Waals surface area contributed by atoms with E-state index >= 15 is 0 Å². The maximum atomic E-state index is 12.3. The molecule has 0 saturated carbocycles. The second kappa shape index (κ2) is 15.4. The highest BCUT2D eigenvalue weighted by atomic mass is 16.2. The molecule has 0 saturated heterocycles. The lowest BCUT2D eigenvalue weighted by molar-refractivity contribution is 0.0933. The third-order valence-corrected chi connectivity index (χ3v) is 4.93. The topological polar surface area (TPSA) is 86.9 Å². The van der Waals surface area contributed by atoms with E-state index in [2.05, 4.69) is 58.7 Å². The quantitative estimate of drug-likeness (QED) is 0.460. The smallest absolute Gasteiger partial charge is 0.253 e. The number of carbonyl (C=O) groups is 1. The summed E-state index contributed by atoms with van der Waals surface area (Å²) in [6.45, 7) is 13.1. The van der Waals surface area contributed by atoms with E-state index in [9.17, 15) is 9.59 Å². The molecule has 3 N–H and O–H groups in total. The molecule has 178 valence electrons. The summed E-state index contributed by atoms with van der Waals surface area (Å²) in [4.78, 5) is 30.2. The molecule has 0 bridgehead atoms. The van der Waals surface area contributed by atoms with Crippen molar-refractivity contribution in [3.63, 3.8) is 0 Å². The molecule has 3 heterocycles. The van der Waals surface area contributed by atoms with Crippen LogP contribution in [0.4, 0.5) is 5.69 Å². The number of rotatable bonds is 2. The first-order chi connectivity index (χ1) is 16.0. The molecule has 1 unspecified atom stereocenters. The molecule has 1 amide bonds. The number of pyridine rings is 2. The molecule has 1 aromatic carbocycles. The van der Waals surface area contributed by atoms with Crippen LogP contribution >= 0.6 is 0 Å². The molecular weight excluding hydrogens is 412 g/mol. The van der Waals surface area contributed by atoms with E-state index in [1.165, 1.54) is 29.5 Å². The van der Waals surface area contributed by atoms with Gasteiger partial charge in [0.15, 0.2) is 0 Å². The van der Waals surface area contributed by atoms with Gasteiger partial charge in [-0.3, -0.25) is 14.6 Å². The van der Waals surface area contributed by atoms with Gasteiger partial charge in [0, 0.05) is 25.0 Å². The van der Waals surface area contributed by atoms with Crippen LogP contribution in [0.25, 0.3) is 0 Å². The summed E-state index contributed by atoms with van der Waals surface area (Å²) in [5, 5.41) is 6.30. The minimum atomic E-state index is -0.225. The first-order valence-electron chi connectivity index (χ1n) is 11.7. The molecule has 0 radical (unpaired) electrons. The Morgan fingerprint density at radius 3 is 2.21 bits per heavy atom. The highest BCUT2D eigenvalue weighted by molar-refractivity contribution is 5.94. The number of carbonyl (C=O) groups excluding carboxylic acids is 1. The minimum absolute atomic E-state index is 0.129. The third-order valence-electron chi connectivity index (χ3n) is 4.93. The zero-order valence-corrected chi connectivity index (χ0v) is 20.7. The third kappa shape index (κ3) is 8.93. The van der Waals surface area contributed by atoms with Crippen LogP contribution in [-0.2, 0) is 0 Å². The molecule has 0 fully saturated rings. The lowest BCUT2D eigenvalue weighted by Gasteiger charge is -2.17. The Bertz CT molecular complexity index is 989. The summed E-state index contributed by atoms with van der Waals surface area (Å²) in [5.74, 6) is -0.213. The predicted octanol–water partition coefficient (Wildman–Crippen LogP) is 5.80. The van der Waals surface area contributed by atoms with Gasteiger partial charge in [-0.1, -0.05) is 52.0 Å². The van der Waals surface area contributed by atoms with Gasteiger partial charge in [-0.15, -0.1) is 0 Å². The summed E-state index contributed by atoms with van der Waals surface area (Å²) in [6, 6.07) is 14.9. The van der Waals surface area contributed by atoms with Crippen molar-refractivity contribution in [2.75, 3.05) is 11.9 Å². The number of anilines is 1. The second-order valence-electron chi connectivity index (χ2n) is 7.06. The fourth-order valence-electron chi connectivity index (χ4n) is 3.11. The molecule has 4 rings (SSSR count). The Kier molecular flexibility index (Phi) is 12.9. The summed E-state index contributed by atoms with van der Waals surface area (Å²) >= 11 is 0. The molecular formula is C27H38N4O2. The number of nitrogens with zero attached hydrogens (tertiary/aromatic N) is 1. The Labute approximate surface area is 197 Å². The normalized spacial score (nSPS) is 13.6. The van der Waals surface area contributed by atoms with E-state index in [-0.39, 0.29) is 17.5 Å². The van der Waals surface area contributed by atoms with Crippen molar-refractivity contribution >= 4 is 11.6 Å². The van der Waals surface area contributed by atoms with Crippen molar-refractivity contribution in [1.29, 1.82) is 0 Å². The van der Waals surface area contributed by atoms with Gasteiger partial charge in [0.2, 0.25) is 5.56 Å². The zero-order chi connectivity index (χ0) is 24.6. The van der Waals surface area contributed by atoms with Crippen LogP contribution in [0.15, 0.2) is 65.7 Å². The van der Waals surface area contributed by atoms with Crippen molar-refractivity contribution in [2.24, 2.45) is 0 Å². The summed E-state index contributed by atoms with van der Waals surface area (Å²) in [5.41, 5.74) is 4.76. The van der Waals surface area contributed by atoms with Crippen LogP contribution in [0.1, 0.15) is 73.8 Å². The van der Waals surface area contributed by atoms with Crippen LogP contribution in [0.3, 0.4) is 0 Å². The van der Waals surface area contributed by atoms with Crippen molar-refractivity contribution in [1.82, 2.24) is 15.3 Å². The van der Waals surface area contributed by atoms with E-state index in [0.717, 1.165) is 30.8 Å². The molecule has 3 aromatic rings. The van der Waals surface area contributed by atoms with E-state index < -0.39 is 0 Å². The molecule has 6 nitrogen and oxygen atoms in total. The first-order valence-corrected chi connectivity index (χ1v) is 11.7. The number of aryl methyl sites for hydroxylation is 2. The fourth-order valence-corrected chi connectivity index (χ4v) is 3.11. The monoisotopic (exact) mass is 450 g/mol. The van der Waals surface area contributed by atoms with Crippen LogP contribution in [0.5, 0.6) is 0 Å². The van der Waals surface area contributed by atoms with E-state index in [1.807, 2.05) is 39.8 Å². The molecule has 6 heteroatoms. The first kappa shape index (κ1) is 27.6. The number of amides is 1. The lowest BCUT2D eigenvalue weighted by atomic mass is 10.1. The number of H-pyrrole nitrogens is 1. The van der Waals surface area contributed by atoms with Gasteiger partial charge in [-0.25, -0.2) is 0 Å². The molecule has 0 aliphatic carbocycles. The predicted molar refractivity (Wildman–Crippen MR) is 138 cm³/mol. The zero-order valence-electron chi connectivity index (χ0n) is 20.7. The molecule has 33 heavy (non-hydrogen) atoms. The van der Waals surface area contributed by atoms with E-state index in [1.54, 1.807) is 6.20 Å². The van der Waals surface area contributed by atoms with Gasteiger partial charge in [0.1, 0.15) is 0 Å². The van der Waals surface area contributed by atoms with Gasteiger partial charge in [0.25, 0.3) is 5.91 Å². The highest BCUT2D eigenvalue weighted by Crippen LogP contribution is 2.27. The number of hydrogen-bond donors (Lipinski definition) is 3. The molecule has 1 aliphatic rings. The van der Waals surface area contributed by atoms with Crippen LogP contribution in [-0.4, -0.2) is 22.4 Å². The Balaban J connectivity index is 0.000000380. The van der Waals surface area contributed by atoms with Crippen LogP contribution in [0.2, 0.25) is 0 Å². The molecule has 0 spiro atoms. The Morgan fingerprint density at radius 1 is 0.970 bits per heavy atom. The summed E-state index contributed by atoms with van der Waals surface area (Å²) in [7, 11) is 0. The van der Waals surface area contributed by atoms with Crippen LogP contribution < -0.4 is 16.2 Å². The van der Waals surface area contributed by atoms with Crippen molar-refractivity contribution in [3.05, 3.63) is 93.7 Å². The number of aromatic nitrogens is 2. The largest absolute Gasteiger partial charge is 0.384 e. The average Bonchev–Trinajstić information content (AvgIpc) is 3.07. The van der Waals surface area contributed by atoms with Crippen molar-refractivity contribution < 1.29 is 4.79 Å². The second-order valence-corrected chi connectivity index (χ2v) is 7.06. The Morgan fingerprint density at radius 2 is 1.64 bits per heavy atom. The number of aromatic amines is 1. The van der Waals surface area contributed by atoms with Gasteiger partial charge < -0.3 is 15.6 Å². The summed E-state index contributed by atoms with van der Waals surface area (Å²) < 4.78 is 0. The van der Waals surface area contributed by atoms with Gasteiger partial charge >= 0.3 is 0 Å². The van der Waals surface area contributed by atoms with Crippen molar-refractivity contribution in [3.8, 4) is 0 Å². The summed E-state index contributed by atoms with van der Waals surface area (Å²) in [6.07, 6.45) is 4.93. The number of hydrogen-bond acceptors (Lipinski definition) is 4. The van der Waals surface area contributed by atoms with Crippen LogP contribution in [0, 0.1) is 13.8 Å². The van der Waals surface area contributed by atoms with Gasteiger partial charge in [-0.2, -0.15) is 0 Å². The number of fused-ring (bicyclic) bond motifs is 1. The van der Waals surface area contributed by atoms with E-state index in [4.69, 9.17) is 0 Å². The Hall–Kier alpha value is -3.41. The number of nitrogens with one attached hydrogen (secondary N) is 3.